The Hall–Kier alpha value is -3.65. The number of nitrogens with one attached hydrogen (secondary N) is 1. The van der Waals surface area contributed by atoms with E-state index >= 15 is 0 Å². The Morgan fingerprint density at radius 3 is 2.41 bits per heavy atom. The zero-order chi connectivity index (χ0) is 22.8. The second kappa shape index (κ2) is 8.84. The van der Waals surface area contributed by atoms with E-state index in [-0.39, 0.29) is 5.91 Å². The van der Waals surface area contributed by atoms with Crippen molar-refractivity contribution in [2.75, 3.05) is 5.32 Å². The van der Waals surface area contributed by atoms with Crippen molar-refractivity contribution in [1.82, 2.24) is 14.6 Å². The molecule has 2 aromatic heterocycles. The van der Waals surface area contributed by atoms with Crippen molar-refractivity contribution < 1.29 is 9.59 Å². The van der Waals surface area contributed by atoms with Gasteiger partial charge in [-0.05, 0) is 56.7 Å². The number of rotatable bonds is 6. The number of benzene rings is 2. The molecule has 2 amide bonds. The third kappa shape index (κ3) is 4.36. The summed E-state index contributed by atoms with van der Waals surface area (Å²) in [6.45, 7) is 5.80. The topological polar surface area (TPSA) is 102 Å². The molecular formula is C24H23N5O2S. The summed E-state index contributed by atoms with van der Waals surface area (Å²) in [7, 11) is 0. The van der Waals surface area contributed by atoms with E-state index in [9.17, 15) is 9.59 Å². The summed E-state index contributed by atoms with van der Waals surface area (Å²) in [4.78, 5) is 28.9. The molecule has 2 aromatic carbocycles. The van der Waals surface area contributed by atoms with Crippen LogP contribution in [0.3, 0.4) is 0 Å². The molecule has 0 saturated heterocycles. The molecule has 0 spiro atoms. The summed E-state index contributed by atoms with van der Waals surface area (Å²) in [5.41, 5.74) is 11.0. The number of amides is 2. The van der Waals surface area contributed by atoms with Gasteiger partial charge in [0.25, 0.3) is 0 Å². The molecule has 0 bridgehead atoms. The highest BCUT2D eigenvalue weighted by molar-refractivity contribution is 8.00. The molecule has 2 heterocycles. The standard InChI is InChI=1S/C24H23N5O2S/c1-14-13-15(2)28-29-21(14)20(17-7-5-4-6-8-17)27-24(29)32-16(3)23(31)26-19-11-9-18(10-12-19)22(25)30/h4-13,16H,1-3H3,(H2,25,30)(H,26,31). The van der Waals surface area contributed by atoms with Gasteiger partial charge in [0.1, 0.15) is 0 Å². The molecule has 0 aliphatic rings. The third-order valence-electron chi connectivity index (χ3n) is 5.02. The number of carbonyl (C=O) groups excluding carboxylic acids is 2. The molecule has 1 atom stereocenters. The Labute approximate surface area is 190 Å². The first-order valence-electron chi connectivity index (χ1n) is 10.1. The number of carbonyl (C=O) groups is 2. The Kier molecular flexibility index (Phi) is 5.96. The van der Waals surface area contributed by atoms with Crippen molar-refractivity contribution >= 4 is 34.8 Å². The quantitative estimate of drug-likeness (QED) is 0.432. The SMILES string of the molecule is Cc1cc(C)c2c(-c3ccccc3)nc(SC(C)C(=O)Nc3ccc(C(N)=O)cc3)n2n1. The number of nitrogens with zero attached hydrogens (tertiary/aromatic N) is 3. The van der Waals surface area contributed by atoms with Crippen LogP contribution >= 0.6 is 11.8 Å². The third-order valence-corrected chi connectivity index (χ3v) is 6.06. The van der Waals surface area contributed by atoms with E-state index in [0.29, 0.717) is 16.4 Å². The number of thioether (sulfide) groups is 1. The van der Waals surface area contributed by atoms with E-state index in [1.807, 2.05) is 61.7 Å². The van der Waals surface area contributed by atoms with Crippen molar-refractivity contribution in [2.24, 2.45) is 5.73 Å². The second-order valence-corrected chi connectivity index (χ2v) is 8.84. The number of aryl methyl sites for hydroxylation is 2. The van der Waals surface area contributed by atoms with Gasteiger partial charge in [-0.3, -0.25) is 9.59 Å². The first kappa shape index (κ1) is 21.6. The number of aromatic nitrogens is 3. The summed E-state index contributed by atoms with van der Waals surface area (Å²) < 4.78 is 1.82. The van der Waals surface area contributed by atoms with E-state index in [2.05, 4.69) is 10.4 Å². The molecule has 8 heteroatoms. The molecule has 0 aliphatic carbocycles. The van der Waals surface area contributed by atoms with Crippen LogP contribution in [-0.2, 0) is 4.79 Å². The van der Waals surface area contributed by atoms with Gasteiger partial charge in [-0.15, -0.1) is 0 Å². The minimum absolute atomic E-state index is 0.177. The summed E-state index contributed by atoms with van der Waals surface area (Å²) in [5, 5.41) is 7.75. The van der Waals surface area contributed by atoms with Gasteiger partial charge in [0, 0.05) is 16.8 Å². The summed E-state index contributed by atoms with van der Waals surface area (Å²) in [6.07, 6.45) is 0. The summed E-state index contributed by atoms with van der Waals surface area (Å²) >= 11 is 1.34. The predicted octanol–water partition coefficient (Wildman–Crippen LogP) is 4.23. The summed E-state index contributed by atoms with van der Waals surface area (Å²) in [5.74, 6) is -0.686. The smallest absolute Gasteiger partial charge is 0.248 e. The average Bonchev–Trinajstić information content (AvgIpc) is 3.13. The van der Waals surface area contributed by atoms with Crippen LogP contribution < -0.4 is 11.1 Å². The van der Waals surface area contributed by atoms with Crippen LogP contribution in [0.15, 0.2) is 65.8 Å². The number of anilines is 1. The van der Waals surface area contributed by atoms with Gasteiger partial charge < -0.3 is 11.1 Å². The second-order valence-electron chi connectivity index (χ2n) is 7.53. The number of hydrogen-bond acceptors (Lipinski definition) is 5. The molecule has 162 valence electrons. The van der Waals surface area contributed by atoms with E-state index in [1.54, 1.807) is 24.3 Å². The highest BCUT2D eigenvalue weighted by Gasteiger charge is 2.22. The molecule has 0 saturated carbocycles. The van der Waals surface area contributed by atoms with Gasteiger partial charge in [-0.1, -0.05) is 42.1 Å². The van der Waals surface area contributed by atoms with Crippen molar-refractivity contribution in [1.29, 1.82) is 0 Å². The molecule has 1 unspecified atom stereocenters. The van der Waals surface area contributed by atoms with Gasteiger partial charge in [0.2, 0.25) is 11.8 Å². The predicted molar refractivity (Wildman–Crippen MR) is 127 cm³/mol. The fourth-order valence-electron chi connectivity index (χ4n) is 3.45. The van der Waals surface area contributed by atoms with Crippen LogP contribution in [0.4, 0.5) is 5.69 Å². The molecular weight excluding hydrogens is 422 g/mol. The fourth-order valence-corrected chi connectivity index (χ4v) is 4.31. The van der Waals surface area contributed by atoms with E-state index < -0.39 is 11.2 Å². The number of nitrogens with two attached hydrogens (primary N) is 1. The number of hydrogen-bond donors (Lipinski definition) is 2. The monoisotopic (exact) mass is 445 g/mol. The van der Waals surface area contributed by atoms with Crippen molar-refractivity contribution in [3.05, 3.63) is 77.5 Å². The van der Waals surface area contributed by atoms with Crippen LogP contribution in [0.1, 0.15) is 28.5 Å². The fraction of sp³-hybridized carbons (Fsp3) is 0.167. The van der Waals surface area contributed by atoms with E-state index in [1.165, 1.54) is 11.8 Å². The lowest BCUT2D eigenvalue weighted by molar-refractivity contribution is -0.115. The largest absolute Gasteiger partial charge is 0.366 e. The minimum atomic E-state index is -0.509. The zero-order valence-corrected chi connectivity index (χ0v) is 18.8. The Morgan fingerprint density at radius 2 is 1.75 bits per heavy atom. The maximum atomic E-state index is 12.8. The lowest BCUT2D eigenvalue weighted by atomic mass is 10.1. The molecule has 4 aromatic rings. The maximum Gasteiger partial charge on any atom is 0.248 e. The Morgan fingerprint density at radius 1 is 1.06 bits per heavy atom. The van der Waals surface area contributed by atoms with Gasteiger partial charge in [-0.25, -0.2) is 9.50 Å². The number of primary amides is 1. The maximum absolute atomic E-state index is 12.8. The van der Waals surface area contributed by atoms with Crippen molar-refractivity contribution in [2.45, 2.75) is 31.2 Å². The van der Waals surface area contributed by atoms with Crippen LogP contribution in [0.2, 0.25) is 0 Å². The number of fused-ring (bicyclic) bond motifs is 1. The first-order chi connectivity index (χ1) is 15.3. The average molecular weight is 446 g/mol. The highest BCUT2D eigenvalue weighted by Crippen LogP contribution is 2.32. The lowest BCUT2D eigenvalue weighted by Crippen LogP contribution is -2.23. The minimum Gasteiger partial charge on any atom is -0.366 e. The van der Waals surface area contributed by atoms with Crippen LogP contribution in [0, 0.1) is 13.8 Å². The zero-order valence-electron chi connectivity index (χ0n) is 18.0. The van der Waals surface area contributed by atoms with Crippen molar-refractivity contribution in [3.63, 3.8) is 0 Å². The summed E-state index contributed by atoms with van der Waals surface area (Å²) in [6, 6.07) is 18.5. The molecule has 32 heavy (non-hydrogen) atoms. The van der Waals surface area contributed by atoms with E-state index in [4.69, 9.17) is 10.7 Å². The normalized spacial score (nSPS) is 12.0. The lowest BCUT2D eigenvalue weighted by Gasteiger charge is -2.11. The van der Waals surface area contributed by atoms with Gasteiger partial charge in [0.15, 0.2) is 5.16 Å². The molecule has 0 radical (unpaired) electrons. The molecule has 4 rings (SSSR count). The Bertz CT molecular complexity index is 1300. The van der Waals surface area contributed by atoms with Crippen LogP contribution in [0.5, 0.6) is 0 Å². The Balaban J connectivity index is 1.62. The van der Waals surface area contributed by atoms with Crippen molar-refractivity contribution in [3.8, 4) is 11.3 Å². The molecule has 3 N–H and O–H groups in total. The van der Waals surface area contributed by atoms with Crippen LogP contribution in [0.25, 0.3) is 16.8 Å². The molecule has 7 nitrogen and oxygen atoms in total. The van der Waals surface area contributed by atoms with Gasteiger partial charge in [-0.2, -0.15) is 5.10 Å². The first-order valence-corrected chi connectivity index (χ1v) is 11.0. The van der Waals surface area contributed by atoms with E-state index in [0.717, 1.165) is 28.0 Å². The van der Waals surface area contributed by atoms with Gasteiger partial charge >= 0.3 is 0 Å². The highest BCUT2D eigenvalue weighted by atomic mass is 32.2. The van der Waals surface area contributed by atoms with Crippen LogP contribution in [-0.4, -0.2) is 31.7 Å². The molecule has 0 aliphatic heterocycles. The number of imidazole rings is 1. The molecule has 0 fully saturated rings. The van der Waals surface area contributed by atoms with Gasteiger partial charge in [0.05, 0.1) is 22.2 Å².